The molecule has 1 unspecified atom stereocenters. The van der Waals surface area contributed by atoms with Gasteiger partial charge >= 0.3 is 0 Å². The van der Waals surface area contributed by atoms with Crippen molar-refractivity contribution in [1.29, 1.82) is 0 Å². The van der Waals surface area contributed by atoms with Gasteiger partial charge in [-0.05, 0) is 30.2 Å². The van der Waals surface area contributed by atoms with Crippen molar-refractivity contribution in [3.63, 3.8) is 0 Å². The molecular weight excluding hydrogens is 330 g/mol. The molecule has 0 aliphatic carbocycles. The maximum Gasteiger partial charge on any atom is 0.125 e. The minimum absolute atomic E-state index is 0.569. The molecule has 1 N–H and O–H groups in total. The Morgan fingerprint density at radius 2 is 1.69 bits per heavy atom. The summed E-state index contributed by atoms with van der Waals surface area (Å²) in [5.74, 6) is 1.46. The maximum atomic E-state index is 11.8. The van der Waals surface area contributed by atoms with Gasteiger partial charge < -0.3 is 19.3 Å². The Bertz CT molecular complexity index is 697. The Labute approximate surface area is 155 Å². The zero-order valence-corrected chi connectivity index (χ0v) is 15.5. The zero-order chi connectivity index (χ0) is 18.4. The molecule has 0 saturated carbocycles. The van der Waals surface area contributed by atoms with Crippen LogP contribution in [0.3, 0.4) is 0 Å². The molecule has 1 atom stereocenters. The van der Waals surface area contributed by atoms with E-state index in [1.54, 1.807) is 14.2 Å². The van der Waals surface area contributed by atoms with Gasteiger partial charge in [-0.15, -0.1) is 0 Å². The van der Waals surface area contributed by atoms with E-state index >= 15 is 0 Å². The largest absolute Gasteiger partial charge is 0.497 e. The Hall–Kier alpha value is -2.08. The van der Waals surface area contributed by atoms with Crippen molar-refractivity contribution in [2.45, 2.75) is 12.0 Å². The highest BCUT2D eigenvalue weighted by molar-refractivity contribution is 5.45. The van der Waals surface area contributed by atoms with Crippen molar-refractivity contribution < 1.29 is 19.3 Å². The molecule has 1 fully saturated rings. The van der Waals surface area contributed by atoms with Crippen LogP contribution >= 0.6 is 0 Å². The molecule has 3 rings (SSSR count). The Balaban J connectivity index is 1.93. The summed E-state index contributed by atoms with van der Waals surface area (Å²) in [5, 5.41) is 11.8. The Kier molecular flexibility index (Phi) is 6.14. The molecule has 1 heterocycles. The lowest BCUT2D eigenvalue weighted by atomic mass is 9.82. The van der Waals surface area contributed by atoms with Crippen LogP contribution in [-0.4, -0.2) is 57.1 Å². The summed E-state index contributed by atoms with van der Waals surface area (Å²) in [6.45, 7) is 4.06. The lowest BCUT2D eigenvalue weighted by Gasteiger charge is -2.34. The second-order valence-corrected chi connectivity index (χ2v) is 6.49. The molecule has 1 aliphatic rings. The molecule has 0 bridgehead atoms. The van der Waals surface area contributed by atoms with E-state index in [0.717, 1.165) is 49.7 Å². The quantitative estimate of drug-likeness (QED) is 0.826. The van der Waals surface area contributed by atoms with Gasteiger partial charge in [-0.2, -0.15) is 0 Å². The average molecular weight is 357 g/mol. The van der Waals surface area contributed by atoms with Gasteiger partial charge in [-0.3, -0.25) is 4.90 Å². The number of para-hydroxylation sites is 1. The summed E-state index contributed by atoms with van der Waals surface area (Å²) in [4.78, 5) is 2.33. The third kappa shape index (κ3) is 4.01. The number of ether oxygens (including phenoxy) is 3. The second-order valence-electron chi connectivity index (χ2n) is 6.49. The van der Waals surface area contributed by atoms with Gasteiger partial charge in [-0.1, -0.05) is 30.3 Å². The molecule has 2 aromatic rings. The van der Waals surface area contributed by atoms with Crippen LogP contribution in [0.5, 0.6) is 11.5 Å². The number of hydrogen-bond acceptors (Lipinski definition) is 5. The molecule has 0 radical (unpaired) electrons. The van der Waals surface area contributed by atoms with E-state index in [-0.39, 0.29) is 0 Å². The minimum atomic E-state index is -1.14. The normalized spacial score (nSPS) is 17.5. The smallest absolute Gasteiger partial charge is 0.125 e. The Morgan fingerprint density at radius 1 is 1.00 bits per heavy atom. The van der Waals surface area contributed by atoms with Crippen molar-refractivity contribution in [3.8, 4) is 11.5 Å². The van der Waals surface area contributed by atoms with Crippen molar-refractivity contribution in [2.75, 3.05) is 47.1 Å². The number of morpholine rings is 1. The first-order valence-electron chi connectivity index (χ1n) is 8.98. The summed E-state index contributed by atoms with van der Waals surface area (Å²) >= 11 is 0. The summed E-state index contributed by atoms with van der Waals surface area (Å²) in [6, 6.07) is 15.3. The van der Waals surface area contributed by atoms with E-state index in [4.69, 9.17) is 14.2 Å². The number of methoxy groups -OCH3 is 2. The number of aliphatic hydroxyl groups is 1. The molecule has 5 nitrogen and oxygen atoms in total. The molecule has 0 spiro atoms. The van der Waals surface area contributed by atoms with Gasteiger partial charge in [0.2, 0.25) is 0 Å². The SMILES string of the molecule is COc1ccc(C(O)(CCN2CCOCC2)c2ccccc2OC)cc1. The standard InChI is InChI=1S/C21H27NO4/c1-24-18-9-7-17(8-10-18)21(23,11-12-22-13-15-26-16-14-22)19-5-3-4-6-20(19)25-2/h3-10,23H,11-16H2,1-2H3. The number of hydrogen-bond donors (Lipinski definition) is 1. The highest BCUT2D eigenvalue weighted by Gasteiger charge is 2.34. The van der Waals surface area contributed by atoms with E-state index in [2.05, 4.69) is 4.90 Å². The second kappa shape index (κ2) is 8.54. The first-order valence-corrected chi connectivity index (χ1v) is 8.98. The van der Waals surface area contributed by atoms with Crippen LogP contribution in [-0.2, 0) is 10.3 Å². The summed E-state index contributed by atoms with van der Waals surface area (Å²) in [6.07, 6.45) is 0.569. The van der Waals surface area contributed by atoms with Crippen LogP contribution in [0.25, 0.3) is 0 Å². The minimum Gasteiger partial charge on any atom is -0.497 e. The molecule has 0 amide bonds. The maximum absolute atomic E-state index is 11.8. The molecule has 1 aliphatic heterocycles. The van der Waals surface area contributed by atoms with Crippen molar-refractivity contribution in [3.05, 3.63) is 59.7 Å². The predicted molar refractivity (Wildman–Crippen MR) is 101 cm³/mol. The lowest BCUT2D eigenvalue weighted by Crippen LogP contribution is -2.40. The lowest BCUT2D eigenvalue weighted by molar-refractivity contribution is 0.0136. The van der Waals surface area contributed by atoms with E-state index in [1.165, 1.54) is 0 Å². The monoisotopic (exact) mass is 357 g/mol. The topological polar surface area (TPSA) is 51.2 Å². The average Bonchev–Trinajstić information content (AvgIpc) is 2.73. The van der Waals surface area contributed by atoms with Crippen LogP contribution in [0.2, 0.25) is 0 Å². The molecule has 2 aromatic carbocycles. The van der Waals surface area contributed by atoms with E-state index in [1.807, 2.05) is 48.5 Å². The van der Waals surface area contributed by atoms with Gasteiger partial charge in [0.1, 0.15) is 17.1 Å². The van der Waals surface area contributed by atoms with E-state index in [9.17, 15) is 5.11 Å². The highest BCUT2D eigenvalue weighted by atomic mass is 16.5. The van der Waals surface area contributed by atoms with Crippen LogP contribution in [0.15, 0.2) is 48.5 Å². The van der Waals surface area contributed by atoms with E-state index < -0.39 is 5.60 Å². The van der Waals surface area contributed by atoms with Gasteiger partial charge in [0.25, 0.3) is 0 Å². The number of nitrogens with zero attached hydrogens (tertiary/aromatic N) is 1. The van der Waals surface area contributed by atoms with Crippen molar-refractivity contribution in [2.24, 2.45) is 0 Å². The molecule has 1 saturated heterocycles. The summed E-state index contributed by atoms with van der Waals surface area (Å²) < 4.78 is 16.2. The van der Waals surface area contributed by atoms with Gasteiger partial charge in [0.05, 0.1) is 27.4 Å². The first kappa shape index (κ1) is 18.7. The summed E-state index contributed by atoms with van der Waals surface area (Å²) in [5.41, 5.74) is 0.467. The highest BCUT2D eigenvalue weighted by Crippen LogP contribution is 2.39. The molecule has 26 heavy (non-hydrogen) atoms. The third-order valence-corrected chi connectivity index (χ3v) is 5.01. The van der Waals surface area contributed by atoms with Gasteiger partial charge in [-0.25, -0.2) is 0 Å². The Morgan fingerprint density at radius 3 is 2.35 bits per heavy atom. The first-order chi connectivity index (χ1) is 12.7. The zero-order valence-electron chi connectivity index (χ0n) is 15.5. The molecule has 140 valence electrons. The fourth-order valence-electron chi connectivity index (χ4n) is 3.43. The summed E-state index contributed by atoms with van der Waals surface area (Å²) in [7, 11) is 3.27. The molecule has 0 aromatic heterocycles. The fraction of sp³-hybridized carbons (Fsp3) is 0.429. The van der Waals surface area contributed by atoms with Gasteiger partial charge in [0.15, 0.2) is 0 Å². The van der Waals surface area contributed by atoms with Crippen molar-refractivity contribution in [1.82, 2.24) is 4.90 Å². The van der Waals surface area contributed by atoms with Crippen LogP contribution in [0.1, 0.15) is 17.5 Å². The van der Waals surface area contributed by atoms with Crippen LogP contribution in [0, 0.1) is 0 Å². The van der Waals surface area contributed by atoms with Crippen molar-refractivity contribution >= 4 is 0 Å². The van der Waals surface area contributed by atoms with Gasteiger partial charge in [0, 0.05) is 25.2 Å². The molecular formula is C21H27NO4. The van der Waals surface area contributed by atoms with Crippen LogP contribution < -0.4 is 9.47 Å². The third-order valence-electron chi connectivity index (χ3n) is 5.01. The predicted octanol–water partition coefficient (Wildman–Crippen LogP) is 2.66. The van der Waals surface area contributed by atoms with E-state index in [0.29, 0.717) is 12.2 Å². The van der Waals surface area contributed by atoms with Crippen LogP contribution in [0.4, 0.5) is 0 Å². The number of benzene rings is 2. The number of rotatable bonds is 7. The molecule has 5 heteroatoms. The fourth-order valence-corrected chi connectivity index (χ4v) is 3.43.